The largest absolute Gasteiger partial charge is 0.384 e. The van der Waals surface area contributed by atoms with Gasteiger partial charge in [0.05, 0.1) is 0 Å². The molecular formula is C8H14O2. The first-order valence-corrected chi connectivity index (χ1v) is 3.58. The van der Waals surface area contributed by atoms with Crippen molar-refractivity contribution in [3.05, 3.63) is 0 Å². The summed E-state index contributed by atoms with van der Waals surface area (Å²) in [4.78, 5) is 0. The van der Waals surface area contributed by atoms with E-state index in [1.807, 2.05) is 0 Å². The Morgan fingerprint density at radius 3 is 2.70 bits per heavy atom. The molecule has 0 saturated heterocycles. The predicted molar refractivity (Wildman–Crippen MR) is 40.4 cm³/mol. The van der Waals surface area contributed by atoms with E-state index in [4.69, 9.17) is 10.2 Å². The van der Waals surface area contributed by atoms with Gasteiger partial charge in [0.25, 0.3) is 0 Å². The Morgan fingerprint density at radius 2 is 2.20 bits per heavy atom. The zero-order valence-electron chi connectivity index (χ0n) is 6.30. The summed E-state index contributed by atoms with van der Waals surface area (Å²) in [7, 11) is 0. The van der Waals surface area contributed by atoms with E-state index in [-0.39, 0.29) is 6.61 Å². The highest BCUT2D eigenvalue weighted by Crippen LogP contribution is 1.97. The fourth-order valence-corrected chi connectivity index (χ4v) is 0.633. The highest BCUT2D eigenvalue weighted by atomic mass is 16.3. The maximum atomic E-state index is 9.03. The standard InChI is InChI=1S/C8H14O2/c1-2-3-5-8(10)6-4-7-9/h8-10H,2-3,5,7H2,1H3. The molecule has 2 N–H and O–H groups in total. The van der Waals surface area contributed by atoms with Crippen molar-refractivity contribution in [1.82, 2.24) is 0 Å². The van der Waals surface area contributed by atoms with Gasteiger partial charge in [-0.3, -0.25) is 0 Å². The molecule has 1 atom stereocenters. The van der Waals surface area contributed by atoms with Gasteiger partial charge in [0.1, 0.15) is 12.7 Å². The van der Waals surface area contributed by atoms with E-state index < -0.39 is 6.10 Å². The minimum Gasteiger partial charge on any atom is -0.384 e. The van der Waals surface area contributed by atoms with Crippen LogP contribution in [0.5, 0.6) is 0 Å². The summed E-state index contributed by atoms with van der Waals surface area (Å²) < 4.78 is 0. The molecular weight excluding hydrogens is 128 g/mol. The minimum absolute atomic E-state index is 0.164. The van der Waals surface area contributed by atoms with Gasteiger partial charge in [-0.25, -0.2) is 0 Å². The molecule has 0 saturated carbocycles. The lowest BCUT2D eigenvalue weighted by Gasteiger charge is -1.98. The van der Waals surface area contributed by atoms with E-state index in [9.17, 15) is 0 Å². The zero-order chi connectivity index (χ0) is 7.82. The second kappa shape index (κ2) is 6.60. The summed E-state index contributed by atoms with van der Waals surface area (Å²) in [5, 5.41) is 17.3. The third kappa shape index (κ3) is 5.61. The predicted octanol–water partition coefficient (Wildman–Crippen LogP) is 0.533. The topological polar surface area (TPSA) is 40.5 Å². The van der Waals surface area contributed by atoms with Crippen molar-refractivity contribution in [2.45, 2.75) is 32.3 Å². The first kappa shape index (κ1) is 9.48. The Bertz CT molecular complexity index is 121. The van der Waals surface area contributed by atoms with Gasteiger partial charge in [0.15, 0.2) is 0 Å². The molecule has 0 heterocycles. The van der Waals surface area contributed by atoms with E-state index >= 15 is 0 Å². The molecule has 0 aliphatic heterocycles. The lowest BCUT2D eigenvalue weighted by atomic mass is 10.2. The molecule has 0 aromatic carbocycles. The Labute approximate surface area is 61.9 Å². The molecule has 0 spiro atoms. The van der Waals surface area contributed by atoms with Gasteiger partial charge in [-0.05, 0) is 6.42 Å². The number of rotatable bonds is 3. The number of unbranched alkanes of at least 4 members (excludes halogenated alkanes) is 1. The number of hydrogen-bond donors (Lipinski definition) is 2. The van der Waals surface area contributed by atoms with Crippen molar-refractivity contribution in [2.24, 2.45) is 0 Å². The number of hydrogen-bond acceptors (Lipinski definition) is 2. The van der Waals surface area contributed by atoms with Gasteiger partial charge in [0, 0.05) is 0 Å². The molecule has 0 aliphatic rings. The van der Waals surface area contributed by atoms with Crippen molar-refractivity contribution in [1.29, 1.82) is 0 Å². The quantitative estimate of drug-likeness (QED) is 0.564. The molecule has 2 nitrogen and oxygen atoms in total. The molecule has 0 bridgehead atoms. The minimum atomic E-state index is -0.549. The number of aliphatic hydroxyl groups is 2. The van der Waals surface area contributed by atoms with Crippen molar-refractivity contribution < 1.29 is 10.2 Å². The summed E-state index contributed by atoms with van der Waals surface area (Å²) in [6.07, 6.45) is 2.22. The zero-order valence-corrected chi connectivity index (χ0v) is 6.30. The SMILES string of the molecule is CCCCC(O)C#CCO. The normalized spacial score (nSPS) is 11.9. The van der Waals surface area contributed by atoms with Gasteiger partial charge >= 0.3 is 0 Å². The summed E-state index contributed by atoms with van der Waals surface area (Å²) in [5.41, 5.74) is 0. The van der Waals surface area contributed by atoms with Crippen LogP contribution in [-0.4, -0.2) is 22.9 Å². The van der Waals surface area contributed by atoms with E-state index in [0.717, 1.165) is 12.8 Å². The van der Waals surface area contributed by atoms with Crippen molar-refractivity contribution in [3.63, 3.8) is 0 Å². The van der Waals surface area contributed by atoms with Crippen LogP contribution in [0.25, 0.3) is 0 Å². The van der Waals surface area contributed by atoms with Gasteiger partial charge < -0.3 is 10.2 Å². The molecule has 0 radical (unpaired) electrons. The molecule has 1 unspecified atom stereocenters. The van der Waals surface area contributed by atoms with Gasteiger partial charge in [0.2, 0.25) is 0 Å². The second-order valence-corrected chi connectivity index (χ2v) is 2.14. The summed E-state index contributed by atoms with van der Waals surface area (Å²) in [5.74, 6) is 4.94. The van der Waals surface area contributed by atoms with Crippen molar-refractivity contribution in [2.75, 3.05) is 6.61 Å². The van der Waals surface area contributed by atoms with Crippen LogP contribution in [-0.2, 0) is 0 Å². The third-order valence-corrected chi connectivity index (χ3v) is 1.18. The molecule has 0 aromatic rings. The van der Waals surface area contributed by atoms with Crippen LogP contribution >= 0.6 is 0 Å². The molecule has 10 heavy (non-hydrogen) atoms. The van der Waals surface area contributed by atoms with Crippen LogP contribution < -0.4 is 0 Å². The molecule has 0 fully saturated rings. The summed E-state index contributed by atoms with van der Waals surface area (Å²) in [6.45, 7) is 1.90. The lowest BCUT2D eigenvalue weighted by molar-refractivity contribution is 0.218. The van der Waals surface area contributed by atoms with Gasteiger partial charge in [-0.15, -0.1) is 0 Å². The van der Waals surface area contributed by atoms with E-state index in [1.165, 1.54) is 0 Å². The van der Waals surface area contributed by atoms with Crippen LogP contribution in [0.3, 0.4) is 0 Å². The molecule has 0 amide bonds. The van der Waals surface area contributed by atoms with Crippen molar-refractivity contribution >= 4 is 0 Å². The molecule has 0 aliphatic carbocycles. The van der Waals surface area contributed by atoms with Crippen molar-refractivity contribution in [3.8, 4) is 11.8 Å². The first-order valence-electron chi connectivity index (χ1n) is 3.58. The van der Waals surface area contributed by atoms with Crippen LogP contribution in [0.2, 0.25) is 0 Å². The van der Waals surface area contributed by atoms with Crippen LogP contribution in [0.4, 0.5) is 0 Å². The Balaban J connectivity index is 3.33. The maximum Gasteiger partial charge on any atom is 0.114 e. The highest BCUT2D eigenvalue weighted by molar-refractivity contribution is 5.04. The average Bonchev–Trinajstić information content (AvgIpc) is 1.97. The lowest BCUT2D eigenvalue weighted by Crippen LogP contribution is -2.01. The fourth-order valence-electron chi connectivity index (χ4n) is 0.633. The highest BCUT2D eigenvalue weighted by Gasteiger charge is 1.95. The summed E-state index contributed by atoms with van der Waals surface area (Å²) >= 11 is 0. The maximum absolute atomic E-state index is 9.03. The average molecular weight is 142 g/mol. The van der Waals surface area contributed by atoms with E-state index in [0.29, 0.717) is 6.42 Å². The fraction of sp³-hybridized carbons (Fsp3) is 0.750. The van der Waals surface area contributed by atoms with Gasteiger partial charge in [-0.2, -0.15) is 0 Å². The smallest absolute Gasteiger partial charge is 0.114 e. The Kier molecular flexibility index (Phi) is 6.25. The monoisotopic (exact) mass is 142 g/mol. The molecule has 58 valence electrons. The second-order valence-electron chi connectivity index (χ2n) is 2.14. The molecule has 0 rings (SSSR count). The molecule has 2 heteroatoms. The summed E-state index contributed by atoms with van der Waals surface area (Å²) in [6, 6.07) is 0. The first-order chi connectivity index (χ1) is 4.81. The Hall–Kier alpha value is -0.520. The van der Waals surface area contributed by atoms with Crippen LogP contribution in [0, 0.1) is 11.8 Å². The third-order valence-electron chi connectivity index (χ3n) is 1.18. The van der Waals surface area contributed by atoms with E-state index in [1.54, 1.807) is 0 Å². The Morgan fingerprint density at radius 1 is 1.50 bits per heavy atom. The molecule has 0 aromatic heterocycles. The van der Waals surface area contributed by atoms with Crippen LogP contribution in [0.1, 0.15) is 26.2 Å². The van der Waals surface area contributed by atoms with Gasteiger partial charge in [-0.1, -0.05) is 31.6 Å². The van der Waals surface area contributed by atoms with Crippen LogP contribution in [0.15, 0.2) is 0 Å². The van der Waals surface area contributed by atoms with E-state index in [2.05, 4.69) is 18.8 Å². The number of aliphatic hydroxyl groups excluding tert-OH is 2.